The number of aryl methyl sites for hydroxylation is 1. The van der Waals surface area contributed by atoms with E-state index in [1.807, 2.05) is 0 Å². The highest BCUT2D eigenvalue weighted by Gasteiger charge is 2.48. The molecule has 2 unspecified atom stereocenters. The second kappa shape index (κ2) is 8.93. The molecule has 0 radical (unpaired) electrons. The zero-order chi connectivity index (χ0) is 19.9. The highest BCUT2D eigenvalue weighted by atomic mass is 16.6. The third-order valence-corrected chi connectivity index (χ3v) is 4.10. The third-order valence-electron chi connectivity index (χ3n) is 4.10. The number of nitro groups is 1. The maximum Gasteiger partial charge on any atom is 0.332 e. The van der Waals surface area contributed by atoms with E-state index in [1.54, 1.807) is 6.92 Å². The normalized spacial score (nSPS) is 14.0. The van der Waals surface area contributed by atoms with E-state index in [1.165, 1.54) is 38.1 Å². The Balaban J connectivity index is 3.16. The first-order valence-electron chi connectivity index (χ1n) is 8.06. The zero-order valence-electron chi connectivity index (χ0n) is 14.9. The van der Waals surface area contributed by atoms with Gasteiger partial charge in [-0.3, -0.25) is 19.7 Å². The van der Waals surface area contributed by atoms with Crippen LogP contribution in [0.15, 0.2) is 24.3 Å². The molecule has 0 aliphatic heterocycles. The number of non-ortho nitro benzene ring substituents is 1. The van der Waals surface area contributed by atoms with Crippen molar-refractivity contribution in [2.75, 3.05) is 6.61 Å². The van der Waals surface area contributed by atoms with E-state index in [0.717, 1.165) is 0 Å². The highest BCUT2D eigenvalue weighted by Crippen LogP contribution is 2.27. The molecule has 0 aromatic heterocycles. The molecule has 1 aromatic rings. The second-order valence-corrected chi connectivity index (χ2v) is 5.86. The lowest BCUT2D eigenvalue weighted by atomic mass is 9.79. The predicted molar refractivity (Wildman–Crippen MR) is 91.4 cm³/mol. The lowest BCUT2D eigenvalue weighted by molar-refractivity contribution is -0.384. The van der Waals surface area contributed by atoms with E-state index in [9.17, 15) is 29.6 Å². The molecule has 0 fully saturated rings. The zero-order valence-corrected chi connectivity index (χ0v) is 14.9. The van der Waals surface area contributed by atoms with Gasteiger partial charge in [0.25, 0.3) is 5.69 Å². The van der Waals surface area contributed by atoms with Crippen LogP contribution in [-0.2, 0) is 25.5 Å². The van der Waals surface area contributed by atoms with Crippen molar-refractivity contribution in [1.29, 1.82) is 0 Å². The van der Waals surface area contributed by atoms with E-state index in [2.05, 4.69) is 5.32 Å². The fourth-order valence-electron chi connectivity index (χ4n) is 2.63. The summed E-state index contributed by atoms with van der Waals surface area (Å²) < 4.78 is 5.01. The molecule has 1 amide bonds. The van der Waals surface area contributed by atoms with Crippen LogP contribution in [0.1, 0.15) is 32.8 Å². The van der Waals surface area contributed by atoms with Crippen molar-refractivity contribution >= 4 is 23.5 Å². The molecule has 9 heteroatoms. The van der Waals surface area contributed by atoms with Crippen molar-refractivity contribution in [3.63, 3.8) is 0 Å². The summed E-state index contributed by atoms with van der Waals surface area (Å²) in [6.07, 6.45) is 0.186. The van der Waals surface area contributed by atoms with Crippen molar-refractivity contribution in [2.45, 2.75) is 39.2 Å². The average molecular weight is 366 g/mol. The van der Waals surface area contributed by atoms with Crippen LogP contribution in [0.25, 0.3) is 0 Å². The predicted octanol–water partition coefficient (Wildman–Crippen LogP) is 1.69. The number of hydrogen-bond acceptors (Lipinski definition) is 6. The summed E-state index contributed by atoms with van der Waals surface area (Å²) in [6.45, 7) is 4.13. The van der Waals surface area contributed by atoms with Crippen LogP contribution in [0.5, 0.6) is 0 Å². The average Bonchev–Trinajstić information content (AvgIpc) is 2.58. The van der Waals surface area contributed by atoms with Crippen molar-refractivity contribution < 1.29 is 29.2 Å². The first kappa shape index (κ1) is 21.1. The van der Waals surface area contributed by atoms with Gasteiger partial charge in [-0.25, -0.2) is 4.79 Å². The Morgan fingerprint density at radius 1 is 1.31 bits per heavy atom. The molecule has 0 aliphatic rings. The Hall–Kier alpha value is -2.97. The van der Waals surface area contributed by atoms with Gasteiger partial charge in [0.05, 0.1) is 17.4 Å². The summed E-state index contributed by atoms with van der Waals surface area (Å²) in [5.41, 5.74) is -1.16. The maximum absolute atomic E-state index is 12.5. The molecular weight excluding hydrogens is 344 g/mol. The molecule has 142 valence electrons. The number of benzene rings is 1. The number of hydrogen-bond donors (Lipinski definition) is 2. The number of ether oxygens (including phenoxy) is 1. The standard InChI is InChI=1S/C17H22N2O7/c1-4-26-16(23)17(18-12(3)20,11(2)15(21)22)10-9-13-5-7-14(8-6-13)19(24)25/h5-8,11H,4,9-10H2,1-3H3,(H,18,20)(H,21,22). The summed E-state index contributed by atoms with van der Waals surface area (Å²) in [5.74, 6) is -3.87. The number of rotatable bonds is 9. The monoisotopic (exact) mass is 366 g/mol. The molecule has 9 nitrogen and oxygen atoms in total. The largest absolute Gasteiger partial charge is 0.481 e. The fourth-order valence-corrected chi connectivity index (χ4v) is 2.63. The minimum atomic E-state index is -1.74. The van der Waals surface area contributed by atoms with Crippen molar-refractivity contribution in [2.24, 2.45) is 5.92 Å². The van der Waals surface area contributed by atoms with Gasteiger partial charge in [0.15, 0.2) is 5.54 Å². The highest BCUT2D eigenvalue weighted by molar-refractivity contribution is 5.92. The number of nitrogens with one attached hydrogen (secondary N) is 1. The lowest BCUT2D eigenvalue weighted by Crippen LogP contribution is -2.61. The molecule has 0 saturated heterocycles. The van der Waals surface area contributed by atoms with E-state index in [-0.39, 0.29) is 25.1 Å². The molecule has 1 aromatic carbocycles. The second-order valence-electron chi connectivity index (χ2n) is 5.86. The molecule has 0 heterocycles. The number of carboxylic acids is 1. The van der Waals surface area contributed by atoms with Gasteiger partial charge in [0.2, 0.25) is 5.91 Å². The number of aliphatic carboxylic acids is 1. The smallest absolute Gasteiger partial charge is 0.332 e. The first-order chi connectivity index (χ1) is 12.1. The van der Waals surface area contributed by atoms with Gasteiger partial charge in [-0.2, -0.15) is 0 Å². The number of carbonyl (C=O) groups is 3. The van der Waals surface area contributed by atoms with Gasteiger partial charge in [0.1, 0.15) is 0 Å². The molecule has 1 rings (SSSR count). The van der Waals surface area contributed by atoms with Gasteiger partial charge in [-0.1, -0.05) is 12.1 Å². The Morgan fingerprint density at radius 2 is 1.88 bits per heavy atom. The van der Waals surface area contributed by atoms with Crippen LogP contribution in [0.2, 0.25) is 0 Å². The molecule has 0 spiro atoms. The molecule has 0 saturated carbocycles. The third kappa shape index (κ3) is 5.01. The van der Waals surface area contributed by atoms with E-state index in [0.29, 0.717) is 5.56 Å². The Kier molecular flexibility index (Phi) is 7.24. The topological polar surface area (TPSA) is 136 Å². The van der Waals surface area contributed by atoms with E-state index >= 15 is 0 Å². The number of esters is 1. The van der Waals surface area contributed by atoms with E-state index < -0.39 is 34.2 Å². The molecule has 26 heavy (non-hydrogen) atoms. The summed E-state index contributed by atoms with van der Waals surface area (Å²) in [6, 6.07) is 5.68. The molecule has 0 bridgehead atoms. The van der Waals surface area contributed by atoms with Crippen LogP contribution in [-0.4, -0.2) is 40.0 Å². The Morgan fingerprint density at radius 3 is 2.31 bits per heavy atom. The van der Waals surface area contributed by atoms with Gasteiger partial charge < -0.3 is 15.2 Å². The lowest BCUT2D eigenvalue weighted by Gasteiger charge is -2.35. The first-order valence-corrected chi connectivity index (χ1v) is 8.06. The Labute approximate surface area is 150 Å². The number of nitro benzene ring substituents is 1. The van der Waals surface area contributed by atoms with Gasteiger partial charge in [-0.15, -0.1) is 0 Å². The Bertz CT molecular complexity index is 687. The maximum atomic E-state index is 12.5. The van der Waals surface area contributed by atoms with Crippen molar-refractivity contribution in [3.05, 3.63) is 39.9 Å². The molecule has 2 atom stereocenters. The van der Waals surface area contributed by atoms with Crippen LogP contribution in [0, 0.1) is 16.0 Å². The number of amides is 1. The van der Waals surface area contributed by atoms with Crippen molar-refractivity contribution in [3.8, 4) is 0 Å². The number of nitrogens with zero attached hydrogens (tertiary/aromatic N) is 1. The fraction of sp³-hybridized carbons (Fsp3) is 0.471. The quantitative estimate of drug-likeness (QED) is 0.385. The molecule has 0 aliphatic carbocycles. The SMILES string of the molecule is CCOC(=O)C(CCc1ccc([N+](=O)[O-])cc1)(NC(C)=O)C(C)C(=O)O. The molecule has 2 N–H and O–H groups in total. The van der Waals surface area contributed by atoms with Crippen LogP contribution in [0.3, 0.4) is 0 Å². The summed E-state index contributed by atoms with van der Waals surface area (Å²) in [5, 5.41) is 22.6. The van der Waals surface area contributed by atoms with Gasteiger partial charge >= 0.3 is 11.9 Å². The summed E-state index contributed by atoms with van der Waals surface area (Å²) >= 11 is 0. The minimum Gasteiger partial charge on any atom is -0.481 e. The van der Waals surface area contributed by atoms with Crippen LogP contribution in [0.4, 0.5) is 5.69 Å². The minimum absolute atomic E-state index is 0.0311. The summed E-state index contributed by atoms with van der Waals surface area (Å²) in [7, 11) is 0. The van der Waals surface area contributed by atoms with Crippen molar-refractivity contribution in [1.82, 2.24) is 5.32 Å². The summed E-state index contributed by atoms with van der Waals surface area (Å²) in [4.78, 5) is 45.9. The molecular formula is C17H22N2O7. The van der Waals surface area contributed by atoms with Gasteiger partial charge in [0, 0.05) is 19.1 Å². The number of carboxylic acid groups (broad SMARTS) is 1. The van der Waals surface area contributed by atoms with E-state index in [4.69, 9.17) is 4.74 Å². The van der Waals surface area contributed by atoms with Gasteiger partial charge in [-0.05, 0) is 32.3 Å². The number of carbonyl (C=O) groups excluding carboxylic acids is 2. The van der Waals surface area contributed by atoms with Crippen LogP contribution < -0.4 is 5.32 Å². The van der Waals surface area contributed by atoms with Crippen LogP contribution >= 0.6 is 0 Å².